The normalized spacial score (nSPS) is 28.7. The Morgan fingerprint density at radius 3 is 2.38 bits per heavy atom. The molecule has 1 aliphatic carbocycles. The minimum Gasteiger partial charge on any atom is -0.352 e. The number of halogens is 1. The van der Waals surface area contributed by atoms with E-state index in [1.54, 1.807) is 0 Å². The van der Waals surface area contributed by atoms with E-state index < -0.39 is 0 Å². The molecule has 1 saturated carbocycles. The van der Waals surface area contributed by atoms with E-state index in [0.29, 0.717) is 12.0 Å². The number of rotatable bonds is 3. The topological polar surface area (TPSA) is 41.1 Å². The van der Waals surface area contributed by atoms with Crippen LogP contribution in [0.15, 0.2) is 30.3 Å². The summed E-state index contributed by atoms with van der Waals surface area (Å²) in [6.07, 6.45) is 6.71. The van der Waals surface area contributed by atoms with Gasteiger partial charge in [0.05, 0.1) is 6.04 Å². The molecular formula is C17H25ClN2O. The van der Waals surface area contributed by atoms with Crippen LogP contribution in [0.2, 0.25) is 0 Å². The summed E-state index contributed by atoms with van der Waals surface area (Å²) < 4.78 is 0. The Kier molecular flexibility index (Phi) is 6.07. The van der Waals surface area contributed by atoms with E-state index >= 15 is 0 Å². The van der Waals surface area contributed by atoms with Gasteiger partial charge >= 0.3 is 0 Å². The molecule has 116 valence electrons. The molecule has 1 aromatic carbocycles. The van der Waals surface area contributed by atoms with Gasteiger partial charge in [0.2, 0.25) is 5.91 Å². The number of carbonyl (C=O) groups excluding carboxylic acids is 1. The summed E-state index contributed by atoms with van der Waals surface area (Å²) in [5.74, 6) is 0.889. The van der Waals surface area contributed by atoms with Gasteiger partial charge in [-0.25, -0.2) is 0 Å². The Labute approximate surface area is 133 Å². The zero-order chi connectivity index (χ0) is 13.8. The second kappa shape index (κ2) is 7.81. The molecule has 0 radical (unpaired) electrons. The maximum atomic E-state index is 12.1. The van der Waals surface area contributed by atoms with Gasteiger partial charge in [0.15, 0.2) is 0 Å². The maximum absolute atomic E-state index is 12.1. The second-order valence-electron chi connectivity index (χ2n) is 6.12. The average molecular weight is 309 g/mol. The minimum atomic E-state index is 0. The Hall–Kier alpha value is -1.06. The predicted molar refractivity (Wildman–Crippen MR) is 87.9 cm³/mol. The van der Waals surface area contributed by atoms with E-state index in [9.17, 15) is 4.79 Å². The van der Waals surface area contributed by atoms with Crippen LogP contribution < -0.4 is 10.6 Å². The first-order chi connectivity index (χ1) is 9.83. The third-order valence-corrected chi connectivity index (χ3v) is 4.72. The van der Waals surface area contributed by atoms with E-state index in [4.69, 9.17) is 0 Å². The van der Waals surface area contributed by atoms with Gasteiger partial charge in [0.25, 0.3) is 0 Å². The quantitative estimate of drug-likeness (QED) is 0.901. The maximum Gasteiger partial charge on any atom is 0.237 e. The smallest absolute Gasteiger partial charge is 0.237 e. The molecule has 4 heteroatoms. The zero-order valence-corrected chi connectivity index (χ0v) is 13.2. The van der Waals surface area contributed by atoms with Gasteiger partial charge in [-0.05, 0) is 56.6 Å². The molecule has 0 spiro atoms. The summed E-state index contributed by atoms with van der Waals surface area (Å²) in [5, 5.41) is 6.50. The Balaban J connectivity index is 0.00000161. The molecule has 1 aromatic rings. The van der Waals surface area contributed by atoms with Crippen LogP contribution in [0.1, 0.15) is 50.0 Å². The molecule has 1 heterocycles. The Morgan fingerprint density at radius 2 is 1.76 bits per heavy atom. The first-order valence-electron chi connectivity index (χ1n) is 7.91. The third kappa shape index (κ3) is 4.21. The van der Waals surface area contributed by atoms with Gasteiger partial charge in [-0.1, -0.05) is 30.3 Å². The van der Waals surface area contributed by atoms with Crippen molar-refractivity contribution in [2.45, 2.75) is 56.5 Å². The molecule has 1 amide bonds. The van der Waals surface area contributed by atoms with E-state index in [-0.39, 0.29) is 24.4 Å². The van der Waals surface area contributed by atoms with Gasteiger partial charge in [0.1, 0.15) is 0 Å². The van der Waals surface area contributed by atoms with Crippen LogP contribution in [-0.4, -0.2) is 24.5 Å². The highest BCUT2D eigenvalue weighted by Gasteiger charge is 2.27. The van der Waals surface area contributed by atoms with Crippen molar-refractivity contribution >= 4 is 18.3 Å². The fourth-order valence-electron chi connectivity index (χ4n) is 3.51. The summed E-state index contributed by atoms with van der Waals surface area (Å²) in [5.41, 5.74) is 1.45. The average Bonchev–Trinajstić information content (AvgIpc) is 3.03. The molecule has 0 bridgehead atoms. The van der Waals surface area contributed by atoms with Crippen LogP contribution in [0, 0.1) is 0 Å². The van der Waals surface area contributed by atoms with E-state index in [1.165, 1.54) is 18.4 Å². The van der Waals surface area contributed by atoms with E-state index in [0.717, 1.165) is 32.2 Å². The van der Waals surface area contributed by atoms with Crippen LogP contribution in [-0.2, 0) is 4.79 Å². The van der Waals surface area contributed by atoms with Gasteiger partial charge < -0.3 is 10.6 Å². The summed E-state index contributed by atoms with van der Waals surface area (Å²) in [6, 6.07) is 11.2. The highest BCUT2D eigenvalue weighted by molar-refractivity contribution is 5.85. The fraction of sp³-hybridized carbons (Fsp3) is 0.588. The molecule has 1 saturated heterocycles. The molecule has 1 atom stereocenters. The highest BCUT2D eigenvalue weighted by atomic mass is 35.5. The van der Waals surface area contributed by atoms with Crippen molar-refractivity contribution in [3.05, 3.63) is 35.9 Å². The van der Waals surface area contributed by atoms with E-state index in [2.05, 4.69) is 41.0 Å². The van der Waals surface area contributed by atoms with Crippen molar-refractivity contribution in [1.29, 1.82) is 0 Å². The van der Waals surface area contributed by atoms with Crippen molar-refractivity contribution in [3.63, 3.8) is 0 Å². The lowest BCUT2D eigenvalue weighted by Crippen LogP contribution is -2.46. The predicted octanol–water partition coefficient (Wildman–Crippen LogP) is 3.00. The lowest BCUT2D eigenvalue weighted by atomic mass is 9.81. The van der Waals surface area contributed by atoms with Crippen LogP contribution in [0.3, 0.4) is 0 Å². The Bertz CT molecular complexity index is 437. The summed E-state index contributed by atoms with van der Waals surface area (Å²) in [7, 11) is 0. The largest absolute Gasteiger partial charge is 0.352 e. The van der Waals surface area contributed by atoms with Gasteiger partial charge in [-0.2, -0.15) is 0 Å². The van der Waals surface area contributed by atoms with Crippen LogP contribution in [0.5, 0.6) is 0 Å². The molecule has 21 heavy (non-hydrogen) atoms. The summed E-state index contributed by atoms with van der Waals surface area (Å²) >= 11 is 0. The number of carbonyl (C=O) groups is 1. The van der Waals surface area contributed by atoms with Crippen LogP contribution in [0.4, 0.5) is 0 Å². The first-order valence-corrected chi connectivity index (χ1v) is 7.91. The van der Waals surface area contributed by atoms with Gasteiger partial charge in [-0.3, -0.25) is 4.79 Å². The minimum absolute atomic E-state index is 0. The summed E-state index contributed by atoms with van der Waals surface area (Å²) in [6.45, 7) is 0.985. The lowest BCUT2D eigenvalue weighted by Gasteiger charge is -2.30. The monoisotopic (exact) mass is 308 g/mol. The first kappa shape index (κ1) is 16.3. The number of nitrogens with one attached hydrogen (secondary N) is 2. The van der Waals surface area contributed by atoms with Crippen molar-refractivity contribution in [2.75, 3.05) is 6.54 Å². The van der Waals surface area contributed by atoms with Crippen LogP contribution in [0.25, 0.3) is 0 Å². The molecule has 0 unspecified atom stereocenters. The molecule has 3 rings (SSSR count). The van der Waals surface area contributed by atoms with Gasteiger partial charge in [-0.15, -0.1) is 12.4 Å². The number of amides is 1. The molecule has 1 aliphatic heterocycles. The van der Waals surface area contributed by atoms with E-state index in [1.807, 2.05) is 0 Å². The van der Waals surface area contributed by atoms with Gasteiger partial charge in [0, 0.05) is 6.04 Å². The molecule has 2 aliphatic rings. The summed E-state index contributed by atoms with van der Waals surface area (Å²) in [4.78, 5) is 12.1. The number of benzene rings is 1. The molecule has 3 nitrogen and oxygen atoms in total. The zero-order valence-electron chi connectivity index (χ0n) is 12.4. The fourth-order valence-corrected chi connectivity index (χ4v) is 3.51. The molecular weight excluding hydrogens is 284 g/mol. The van der Waals surface area contributed by atoms with Crippen molar-refractivity contribution in [2.24, 2.45) is 0 Å². The third-order valence-electron chi connectivity index (χ3n) is 4.72. The SMILES string of the molecule is Cl.O=C(NC1CCC(c2ccccc2)CC1)[C@@H]1CCCN1. The molecule has 2 fully saturated rings. The number of hydrogen-bond acceptors (Lipinski definition) is 2. The highest BCUT2D eigenvalue weighted by Crippen LogP contribution is 2.32. The van der Waals surface area contributed by atoms with Crippen molar-refractivity contribution in [3.8, 4) is 0 Å². The lowest BCUT2D eigenvalue weighted by molar-refractivity contribution is -0.123. The van der Waals surface area contributed by atoms with Crippen molar-refractivity contribution < 1.29 is 4.79 Å². The standard InChI is InChI=1S/C17H24N2O.ClH/c20-17(16-7-4-12-18-16)19-15-10-8-14(9-11-15)13-5-2-1-3-6-13;/h1-3,5-6,14-16,18H,4,7-12H2,(H,19,20);1H/t14?,15?,16-;/m0./s1. The van der Waals surface area contributed by atoms with Crippen molar-refractivity contribution in [1.82, 2.24) is 10.6 Å². The second-order valence-corrected chi connectivity index (χ2v) is 6.12. The molecule has 2 N–H and O–H groups in total. The van der Waals surface area contributed by atoms with Crippen LogP contribution >= 0.6 is 12.4 Å². The molecule has 0 aromatic heterocycles. The Morgan fingerprint density at radius 1 is 1.05 bits per heavy atom. The number of hydrogen-bond donors (Lipinski definition) is 2.